The number of hydrogen-bond acceptors (Lipinski definition) is 2. The lowest BCUT2D eigenvalue weighted by molar-refractivity contribution is 0.422. The molecule has 1 aliphatic rings. The quantitative estimate of drug-likeness (QED) is 0.720. The molecule has 0 spiro atoms. The average molecular weight is 195 g/mol. The minimum Gasteiger partial charge on any atom is -0.505 e. The van der Waals surface area contributed by atoms with E-state index in [4.69, 9.17) is 0 Å². The van der Waals surface area contributed by atoms with Gasteiger partial charge in [0.1, 0.15) is 0 Å². The zero-order valence-corrected chi connectivity index (χ0v) is 8.18. The molecule has 0 saturated carbocycles. The van der Waals surface area contributed by atoms with Crippen LogP contribution in [-0.2, 0) is 0 Å². The Morgan fingerprint density at radius 3 is 2.93 bits per heavy atom. The molecule has 1 aliphatic heterocycles. The van der Waals surface area contributed by atoms with Gasteiger partial charge in [-0.2, -0.15) is 0 Å². The van der Waals surface area contributed by atoms with E-state index in [1.54, 1.807) is 6.07 Å². The summed E-state index contributed by atoms with van der Waals surface area (Å²) in [6, 6.07) is 3.33. The number of halogens is 1. The molecule has 1 aromatic carbocycles. The van der Waals surface area contributed by atoms with Gasteiger partial charge in [-0.3, -0.25) is 0 Å². The van der Waals surface area contributed by atoms with E-state index < -0.39 is 5.82 Å². The number of hydrogen-bond donors (Lipinski definition) is 2. The lowest BCUT2D eigenvalue weighted by Crippen LogP contribution is -2.14. The fourth-order valence-electron chi connectivity index (χ4n) is 1.98. The zero-order valence-electron chi connectivity index (χ0n) is 8.18. The average Bonchev–Trinajstić information content (AvgIpc) is 2.63. The van der Waals surface area contributed by atoms with Crippen molar-refractivity contribution >= 4 is 0 Å². The van der Waals surface area contributed by atoms with Gasteiger partial charge in [-0.15, -0.1) is 0 Å². The Kier molecular flexibility index (Phi) is 2.42. The maximum absolute atomic E-state index is 13.5. The maximum Gasteiger partial charge on any atom is 0.169 e. The molecule has 76 valence electrons. The van der Waals surface area contributed by atoms with E-state index in [0.29, 0.717) is 5.56 Å². The second kappa shape index (κ2) is 3.58. The van der Waals surface area contributed by atoms with Crippen molar-refractivity contribution in [1.82, 2.24) is 5.32 Å². The Bertz CT molecular complexity index is 345. The Labute approximate surface area is 82.8 Å². The van der Waals surface area contributed by atoms with Crippen molar-refractivity contribution in [3.63, 3.8) is 0 Å². The molecule has 2 nitrogen and oxygen atoms in total. The third-order valence-electron chi connectivity index (χ3n) is 2.66. The SMILES string of the molecule is Cc1cc(O)c(F)c(C2CCCN2)c1. The number of aryl methyl sites for hydroxylation is 1. The van der Waals surface area contributed by atoms with E-state index in [1.807, 2.05) is 6.92 Å². The second-order valence-electron chi connectivity index (χ2n) is 3.84. The Balaban J connectivity index is 2.40. The van der Waals surface area contributed by atoms with Gasteiger partial charge in [0.2, 0.25) is 0 Å². The molecule has 1 unspecified atom stereocenters. The van der Waals surface area contributed by atoms with Crippen molar-refractivity contribution in [2.75, 3.05) is 6.54 Å². The highest BCUT2D eigenvalue weighted by Gasteiger charge is 2.21. The van der Waals surface area contributed by atoms with Gasteiger partial charge in [0, 0.05) is 11.6 Å². The van der Waals surface area contributed by atoms with Gasteiger partial charge in [-0.05, 0) is 37.9 Å². The van der Waals surface area contributed by atoms with Crippen LogP contribution in [0.1, 0.15) is 30.0 Å². The van der Waals surface area contributed by atoms with Crippen molar-refractivity contribution in [1.29, 1.82) is 0 Å². The van der Waals surface area contributed by atoms with Crippen molar-refractivity contribution in [2.45, 2.75) is 25.8 Å². The van der Waals surface area contributed by atoms with Crippen LogP contribution in [0.2, 0.25) is 0 Å². The summed E-state index contributed by atoms with van der Waals surface area (Å²) in [6.45, 7) is 2.79. The molecular weight excluding hydrogens is 181 g/mol. The van der Waals surface area contributed by atoms with Crippen LogP contribution in [-0.4, -0.2) is 11.7 Å². The van der Waals surface area contributed by atoms with Crippen LogP contribution in [0.25, 0.3) is 0 Å². The molecule has 3 heteroatoms. The summed E-state index contributed by atoms with van der Waals surface area (Å²) in [5.74, 6) is -0.719. The second-order valence-corrected chi connectivity index (χ2v) is 3.84. The third kappa shape index (κ3) is 1.60. The van der Waals surface area contributed by atoms with Crippen LogP contribution in [0.3, 0.4) is 0 Å². The van der Waals surface area contributed by atoms with Crippen LogP contribution in [0.15, 0.2) is 12.1 Å². The molecular formula is C11H14FNO. The molecule has 2 N–H and O–H groups in total. The molecule has 0 bridgehead atoms. The molecule has 0 aliphatic carbocycles. The summed E-state index contributed by atoms with van der Waals surface area (Å²) in [7, 11) is 0. The van der Waals surface area contributed by atoms with Crippen molar-refractivity contribution in [3.8, 4) is 5.75 Å². The lowest BCUT2D eigenvalue weighted by atomic mass is 10.0. The van der Waals surface area contributed by atoms with Crippen molar-refractivity contribution in [2.24, 2.45) is 0 Å². The molecule has 2 rings (SSSR count). The highest BCUT2D eigenvalue weighted by Crippen LogP contribution is 2.30. The summed E-state index contributed by atoms with van der Waals surface area (Å²) >= 11 is 0. The molecule has 1 saturated heterocycles. The van der Waals surface area contributed by atoms with Crippen LogP contribution < -0.4 is 5.32 Å². The molecule has 14 heavy (non-hydrogen) atoms. The number of phenolic OH excluding ortho intramolecular Hbond substituents is 1. The van der Waals surface area contributed by atoms with Gasteiger partial charge in [0.25, 0.3) is 0 Å². The molecule has 1 aromatic rings. The predicted molar refractivity (Wildman–Crippen MR) is 52.8 cm³/mol. The van der Waals surface area contributed by atoms with Crippen molar-refractivity contribution < 1.29 is 9.50 Å². The van der Waals surface area contributed by atoms with Gasteiger partial charge in [-0.1, -0.05) is 6.07 Å². The first-order valence-corrected chi connectivity index (χ1v) is 4.91. The summed E-state index contributed by atoms with van der Waals surface area (Å²) in [5.41, 5.74) is 1.49. The first-order valence-electron chi connectivity index (χ1n) is 4.91. The number of benzene rings is 1. The van der Waals surface area contributed by atoms with E-state index >= 15 is 0 Å². The predicted octanol–water partition coefficient (Wildman–Crippen LogP) is 2.26. The van der Waals surface area contributed by atoms with Gasteiger partial charge in [-0.25, -0.2) is 4.39 Å². The van der Waals surface area contributed by atoms with E-state index in [-0.39, 0.29) is 11.8 Å². The fraction of sp³-hybridized carbons (Fsp3) is 0.455. The lowest BCUT2D eigenvalue weighted by Gasteiger charge is -2.13. The van der Waals surface area contributed by atoms with E-state index in [2.05, 4.69) is 5.32 Å². The minimum atomic E-state index is -0.477. The molecule has 0 amide bonds. The van der Waals surface area contributed by atoms with E-state index in [1.165, 1.54) is 6.07 Å². The summed E-state index contributed by atoms with van der Waals surface area (Å²) in [4.78, 5) is 0. The normalized spacial score (nSPS) is 21.4. The van der Waals surface area contributed by atoms with Crippen LogP contribution in [0.4, 0.5) is 4.39 Å². The Morgan fingerprint density at radius 1 is 1.50 bits per heavy atom. The van der Waals surface area contributed by atoms with Crippen molar-refractivity contribution in [3.05, 3.63) is 29.1 Å². The number of phenols is 1. The molecule has 0 aromatic heterocycles. The van der Waals surface area contributed by atoms with Crippen LogP contribution in [0.5, 0.6) is 5.75 Å². The molecule has 1 fully saturated rings. The van der Waals surface area contributed by atoms with Gasteiger partial charge in [0.05, 0.1) is 0 Å². The van der Waals surface area contributed by atoms with Gasteiger partial charge >= 0.3 is 0 Å². The highest BCUT2D eigenvalue weighted by molar-refractivity contribution is 5.36. The molecule has 0 radical (unpaired) electrons. The van der Waals surface area contributed by atoms with Crippen LogP contribution in [0, 0.1) is 12.7 Å². The smallest absolute Gasteiger partial charge is 0.169 e. The number of nitrogens with one attached hydrogen (secondary N) is 1. The van der Waals surface area contributed by atoms with E-state index in [9.17, 15) is 9.50 Å². The molecule has 1 atom stereocenters. The van der Waals surface area contributed by atoms with Gasteiger partial charge < -0.3 is 10.4 Å². The fourth-order valence-corrected chi connectivity index (χ4v) is 1.98. The standard InChI is InChI=1S/C11H14FNO/c1-7-5-8(9-3-2-4-13-9)11(12)10(14)6-7/h5-6,9,13-14H,2-4H2,1H3. The maximum atomic E-state index is 13.5. The monoisotopic (exact) mass is 195 g/mol. The number of aromatic hydroxyl groups is 1. The number of rotatable bonds is 1. The summed E-state index contributed by atoms with van der Waals surface area (Å²) in [5, 5.41) is 12.6. The first kappa shape index (κ1) is 9.46. The van der Waals surface area contributed by atoms with Gasteiger partial charge in [0.15, 0.2) is 11.6 Å². The van der Waals surface area contributed by atoms with E-state index in [0.717, 1.165) is 24.9 Å². The first-order chi connectivity index (χ1) is 6.68. The topological polar surface area (TPSA) is 32.3 Å². The largest absolute Gasteiger partial charge is 0.505 e. The molecule has 1 heterocycles. The Hall–Kier alpha value is -1.09. The summed E-state index contributed by atoms with van der Waals surface area (Å²) < 4.78 is 13.5. The highest BCUT2D eigenvalue weighted by atomic mass is 19.1. The zero-order chi connectivity index (χ0) is 10.1. The third-order valence-corrected chi connectivity index (χ3v) is 2.66. The minimum absolute atomic E-state index is 0.0702. The summed E-state index contributed by atoms with van der Waals surface area (Å²) in [6.07, 6.45) is 2.01. The van der Waals surface area contributed by atoms with Crippen LogP contribution >= 0.6 is 0 Å². The Morgan fingerprint density at radius 2 is 2.29 bits per heavy atom.